The number of hydrogen-bond acceptors (Lipinski definition) is 1. The zero-order chi connectivity index (χ0) is 17.6. The first-order chi connectivity index (χ1) is 12.2. The lowest BCUT2D eigenvalue weighted by atomic mass is 9.94. The number of halogens is 2. The highest BCUT2D eigenvalue weighted by Crippen LogP contribution is 2.35. The molecule has 0 atom stereocenters. The molecule has 128 valence electrons. The molecule has 0 heterocycles. The lowest BCUT2D eigenvalue weighted by Crippen LogP contribution is -1.96. The maximum atomic E-state index is 14.5. The van der Waals surface area contributed by atoms with Crippen LogP contribution in [0.2, 0.25) is 0 Å². The molecule has 0 N–H and O–H groups in total. The minimum atomic E-state index is -0.310. The summed E-state index contributed by atoms with van der Waals surface area (Å²) in [6.07, 6.45) is 2.08. The highest BCUT2D eigenvalue weighted by molar-refractivity contribution is 5.84. The van der Waals surface area contributed by atoms with Gasteiger partial charge in [-0.3, -0.25) is 0 Å². The summed E-state index contributed by atoms with van der Waals surface area (Å²) >= 11 is 0. The van der Waals surface area contributed by atoms with Crippen LogP contribution in [-0.4, -0.2) is 6.61 Å². The second-order valence-corrected chi connectivity index (χ2v) is 5.90. The predicted octanol–water partition coefficient (Wildman–Crippen LogP) is 6.48. The minimum Gasteiger partial charge on any atom is -0.494 e. The second-order valence-electron chi connectivity index (χ2n) is 5.90. The van der Waals surface area contributed by atoms with Crippen LogP contribution in [0.5, 0.6) is 5.75 Å². The fraction of sp³-hybridized carbons (Fsp3) is 0.182. The van der Waals surface area contributed by atoms with Gasteiger partial charge in [0, 0.05) is 5.56 Å². The van der Waals surface area contributed by atoms with E-state index in [-0.39, 0.29) is 11.6 Å². The van der Waals surface area contributed by atoms with E-state index < -0.39 is 0 Å². The van der Waals surface area contributed by atoms with Gasteiger partial charge in [-0.2, -0.15) is 0 Å². The van der Waals surface area contributed by atoms with Crippen LogP contribution >= 0.6 is 0 Å². The van der Waals surface area contributed by atoms with Crippen molar-refractivity contribution in [1.29, 1.82) is 0 Å². The summed E-state index contributed by atoms with van der Waals surface area (Å²) in [5.41, 5.74) is 2.79. The fourth-order valence-corrected chi connectivity index (χ4v) is 2.74. The van der Waals surface area contributed by atoms with Gasteiger partial charge < -0.3 is 4.74 Å². The maximum absolute atomic E-state index is 14.5. The largest absolute Gasteiger partial charge is 0.494 e. The zero-order valence-electron chi connectivity index (χ0n) is 14.1. The molecule has 0 aliphatic rings. The first kappa shape index (κ1) is 17.2. The van der Waals surface area contributed by atoms with Gasteiger partial charge in [0.05, 0.1) is 6.61 Å². The molecule has 1 nitrogen and oxygen atoms in total. The van der Waals surface area contributed by atoms with Gasteiger partial charge in [0.2, 0.25) is 0 Å². The Kier molecular flexibility index (Phi) is 5.44. The van der Waals surface area contributed by atoms with Crippen molar-refractivity contribution >= 4 is 0 Å². The van der Waals surface area contributed by atoms with Gasteiger partial charge in [0.1, 0.15) is 17.4 Å². The SMILES string of the molecule is CCCCOc1ccc(-c2c(F)cccc2-c2ccc(F)cc2)cc1. The van der Waals surface area contributed by atoms with Crippen LogP contribution in [0.15, 0.2) is 66.7 Å². The number of unbranched alkanes of at least 4 members (excludes halogenated alkanes) is 1. The van der Waals surface area contributed by atoms with Crippen LogP contribution in [0.1, 0.15) is 19.8 Å². The highest BCUT2D eigenvalue weighted by atomic mass is 19.1. The average molecular weight is 338 g/mol. The molecule has 3 aromatic carbocycles. The molecule has 0 saturated carbocycles. The molecule has 0 bridgehead atoms. The molecule has 3 rings (SSSR count). The van der Waals surface area contributed by atoms with Crippen LogP contribution in [0.25, 0.3) is 22.3 Å². The van der Waals surface area contributed by atoms with Crippen molar-refractivity contribution in [2.75, 3.05) is 6.61 Å². The van der Waals surface area contributed by atoms with E-state index in [9.17, 15) is 8.78 Å². The van der Waals surface area contributed by atoms with Gasteiger partial charge in [-0.05, 0) is 53.4 Å². The minimum absolute atomic E-state index is 0.304. The van der Waals surface area contributed by atoms with Crippen LogP contribution < -0.4 is 4.74 Å². The van der Waals surface area contributed by atoms with Crippen molar-refractivity contribution in [2.24, 2.45) is 0 Å². The van der Waals surface area contributed by atoms with Crippen molar-refractivity contribution in [1.82, 2.24) is 0 Å². The first-order valence-electron chi connectivity index (χ1n) is 8.46. The van der Waals surface area contributed by atoms with Crippen LogP contribution in [-0.2, 0) is 0 Å². The van der Waals surface area contributed by atoms with Crippen molar-refractivity contribution in [2.45, 2.75) is 19.8 Å². The third-order valence-electron chi connectivity index (χ3n) is 4.08. The molecule has 0 saturated heterocycles. The quantitative estimate of drug-likeness (QED) is 0.468. The van der Waals surface area contributed by atoms with Gasteiger partial charge in [0.15, 0.2) is 0 Å². The van der Waals surface area contributed by atoms with E-state index in [4.69, 9.17) is 4.74 Å². The lowest BCUT2D eigenvalue weighted by molar-refractivity contribution is 0.309. The standard InChI is InChI=1S/C22H20F2O/c1-2-3-15-25-19-13-9-17(10-14-19)22-20(5-4-6-21(22)24)16-7-11-18(23)12-8-16/h4-14H,2-3,15H2,1H3. The van der Waals surface area contributed by atoms with Crippen molar-refractivity contribution in [3.05, 3.63) is 78.4 Å². The molecule has 0 aliphatic carbocycles. The molecular formula is C22H20F2O. The summed E-state index contributed by atoms with van der Waals surface area (Å²) in [5, 5.41) is 0. The van der Waals surface area contributed by atoms with E-state index in [1.807, 2.05) is 30.3 Å². The topological polar surface area (TPSA) is 9.23 Å². The third-order valence-corrected chi connectivity index (χ3v) is 4.08. The number of benzene rings is 3. The highest BCUT2D eigenvalue weighted by Gasteiger charge is 2.12. The summed E-state index contributed by atoms with van der Waals surface area (Å²) < 4.78 is 33.4. The number of rotatable bonds is 6. The summed E-state index contributed by atoms with van der Waals surface area (Å²) in [4.78, 5) is 0. The van der Waals surface area contributed by atoms with Crippen LogP contribution in [0.4, 0.5) is 8.78 Å². The van der Waals surface area contributed by atoms with E-state index in [2.05, 4.69) is 6.92 Å². The van der Waals surface area contributed by atoms with Gasteiger partial charge in [0.25, 0.3) is 0 Å². The van der Waals surface area contributed by atoms with E-state index in [0.29, 0.717) is 12.2 Å². The smallest absolute Gasteiger partial charge is 0.131 e. The maximum Gasteiger partial charge on any atom is 0.131 e. The Bertz CT molecular complexity index is 824. The molecule has 3 aromatic rings. The molecule has 0 aromatic heterocycles. The van der Waals surface area contributed by atoms with Crippen LogP contribution in [0.3, 0.4) is 0 Å². The summed E-state index contributed by atoms with van der Waals surface area (Å²) in [6, 6.07) is 18.5. The molecule has 25 heavy (non-hydrogen) atoms. The molecule has 3 heteroatoms. The molecular weight excluding hydrogens is 318 g/mol. The molecule has 0 spiro atoms. The molecule has 0 unspecified atom stereocenters. The van der Waals surface area contributed by atoms with E-state index in [1.54, 1.807) is 18.2 Å². The Hall–Kier alpha value is -2.68. The lowest BCUT2D eigenvalue weighted by Gasteiger charge is -2.12. The van der Waals surface area contributed by atoms with E-state index in [1.165, 1.54) is 18.2 Å². The first-order valence-corrected chi connectivity index (χ1v) is 8.46. The Labute approximate surface area is 146 Å². The molecule has 0 radical (unpaired) electrons. The van der Waals surface area contributed by atoms with Crippen molar-refractivity contribution in [3.63, 3.8) is 0 Å². The van der Waals surface area contributed by atoms with Crippen LogP contribution in [0, 0.1) is 11.6 Å². The van der Waals surface area contributed by atoms with Crippen molar-refractivity contribution < 1.29 is 13.5 Å². The Morgan fingerprint density at radius 2 is 1.48 bits per heavy atom. The molecule has 0 aliphatic heterocycles. The molecule has 0 amide bonds. The summed E-state index contributed by atoms with van der Waals surface area (Å²) in [7, 11) is 0. The fourth-order valence-electron chi connectivity index (χ4n) is 2.74. The second kappa shape index (κ2) is 7.93. The van der Waals surface area contributed by atoms with Gasteiger partial charge in [-0.15, -0.1) is 0 Å². The Morgan fingerprint density at radius 1 is 0.800 bits per heavy atom. The summed E-state index contributed by atoms with van der Waals surface area (Å²) in [5.74, 6) is 0.161. The van der Waals surface area contributed by atoms with Gasteiger partial charge >= 0.3 is 0 Å². The summed E-state index contributed by atoms with van der Waals surface area (Å²) in [6.45, 7) is 2.79. The number of ether oxygens (including phenoxy) is 1. The van der Waals surface area contributed by atoms with E-state index in [0.717, 1.165) is 35.3 Å². The Morgan fingerprint density at radius 3 is 2.16 bits per heavy atom. The zero-order valence-corrected chi connectivity index (χ0v) is 14.1. The van der Waals surface area contributed by atoms with Gasteiger partial charge in [-0.25, -0.2) is 8.78 Å². The normalized spacial score (nSPS) is 10.7. The third kappa shape index (κ3) is 4.05. The van der Waals surface area contributed by atoms with Crippen molar-refractivity contribution in [3.8, 4) is 28.0 Å². The van der Waals surface area contributed by atoms with Gasteiger partial charge in [-0.1, -0.05) is 49.7 Å². The number of hydrogen-bond donors (Lipinski definition) is 0. The average Bonchev–Trinajstić information content (AvgIpc) is 2.63. The van der Waals surface area contributed by atoms with E-state index >= 15 is 0 Å². The predicted molar refractivity (Wildman–Crippen MR) is 97.6 cm³/mol. The Balaban J connectivity index is 1.95. The monoisotopic (exact) mass is 338 g/mol. The molecule has 0 fully saturated rings.